The number of hydrogen-bond acceptors (Lipinski definition) is 2. The maximum absolute atomic E-state index is 4.35. The van der Waals surface area contributed by atoms with Gasteiger partial charge in [-0.25, -0.2) is 4.98 Å². The van der Waals surface area contributed by atoms with E-state index < -0.39 is 0 Å². The molecule has 2 rings (SSSR count). The Labute approximate surface area is 91.9 Å². The summed E-state index contributed by atoms with van der Waals surface area (Å²) in [5, 5.41) is 3.38. The van der Waals surface area contributed by atoms with E-state index in [1.165, 1.54) is 25.7 Å². The third kappa shape index (κ3) is 2.74. The molecule has 3 heteroatoms. The molecule has 1 aromatic heterocycles. The monoisotopic (exact) mass is 207 g/mol. The van der Waals surface area contributed by atoms with Crippen molar-refractivity contribution in [2.24, 2.45) is 5.92 Å². The van der Waals surface area contributed by atoms with Crippen LogP contribution in [-0.4, -0.2) is 15.6 Å². The van der Waals surface area contributed by atoms with Gasteiger partial charge in [0.15, 0.2) is 0 Å². The lowest BCUT2D eigenvalue weighted by atomic mass is 10.1. The molecule has 1 heterocycles. The standard InChI is InChI=1S/C12H21N3/c1-10(2)14-12-13-7-8-15(12)9-11-5-3-4-6-11/h7-8,10-11H,3-6,9H2,1-2H3,(H,13,14). The number of anilines is 1. The molecule has 1 aliphatic rings. The van der Waals surface area contributed by atoms with Gasteiger partial charge in [-0.05, 0) is 32.6 Å². The molecule has 3 nitrogen and oxygen atoms in total. The van der Waals surface area contributed by atoms with E-state index in [-0.39, 0.29) is 0 Å². The largest absolute Gasteiger partial charge is 0.353 e. The molecule has 1 N–H and O–H groups in total. The molecule has 0 spiro atoms. The summed E-state index contributed by atoms with van der Waals surface area (Å²) in [6.07, 6.45) is 9.57. The molecular weight excluding hydrogens is 186 g/mol. The Balaban J connectivity index is 1.97. The molecule has 1 aliphatic carbocycles. The highest BCUT2D eigenvalue weighted by molar-refractivity contribution is 5.26. The third-order valence-electron chi connectivity index (χ3n) is 3.06. The van der Waals surface area contributed by atoms with E-state index in [0.717, 1.165) is 18.4 Å². The lowest BCUT2D eigenvalue weighted by Gasteiger charge is -2.15. The van der Waals surface area contributed by atoms with E-state index in [1.54, 1.807) is 0 Å². The Morgan fingerprint density at radius 3 is 2.87 bits per heavy atom. The van der Waals surface area contributed by atoms with Crippen LogP contribution in [0.2, 0.25) is 0 Å². The summed E-state index contributed by atoms with van der Waals surface area (Å²) in [6, 6.07) is 0.453. The van der Waals surface area contributed by atoms with Crippen molar-refractivity contribution in [3.63, 3.8) is 0 Å². The predicted octanol–water partition coefficient (Wildman–Crippen LogP) is 2.89. The average Bonchev–Trinajstić information content (AvgIpc) is 2.78. The van der Waals surface area contributed by atoms with Gasteiger partial charge in [0, 0.05) is 25.0 Å². The quantitative estimate of drug-likeness (QED) is 0.822. The fraction of sp³-hybridized carbons (Fsp3) is 0.750. The van der Waals surface area contributed by atoms with Crippen LogP contribution in [0.1, 0.15) is 39.5 Å². The van der Waals surface area contributed by atoms with Crippen molar-refractivity contribution in [1.82, 2.24) is 9.55 Å². The molecule has 0 amide bonds. The molecule has 0 unspecified atom stereocenters. The molecular formula is C12H21N3. The van der Waals surface area contributed by atoms with Crippen LogP contribution in [-0.2, 0) is 6.54 Å². The molecule has 0 bridgehead atoms. The molecule has 15 heavy (non-hydrogen) atoms. The molecule has 0 aromatic carbocycles. The molecule has 1 saturated carbocycles. The second-order valence-corrected chi connectivity index (χ2v) is 4.85. The number of hydrogen-bond donors (Lipinski definition) is 1. The molecule has 84 valence electrons. The van der Waals surface area contributed by atoms with Crippen molar-refractivity contribution in [3.8, 4) is 0 Å². The van der Waals surface area contributed by atoms with Crippen molar-refractivity contribution >= 4 is 5.95 Å². The van der Waals surface area contributed by atoms with Crippen molar-refractivity contribution < 1.29 is 0 Å². The van der Waals surface area contributed by atoms with Crippen LogP contribution in [0.4, 0.5) is 5.95 Å². The number of aromatic nitrogens is 2. The Hall–Kier alpha value is -0.990. The first-order valence-corrected chi connectivity index (χ1v) is 6.03. The van der Waals surface area contributed by atoms with E-state index in [9.17, 15) is 0 Å². The minimum atomic E-state index is 0.453. The van der Waals surface area contributed by atoms with Crippen LogP contribution in [0.15, 0.2) is 12.4 Å². The van der Waals surface area contributed by atoms with E-state index in [1.807, 2.05) is 6.20 Å². The summed E-state index contributed by atoms with van der Waals surface area (Å²) in [5.74, 6) is 1.89. The average molecular weight is 207 g/mol. The predicted molar refractivity (Wildman–Crippen MR) is 62.9 cm³/mol. The van der Waals surface area contributed by atoms with Crippen LogP contribution >= 0.6 is 0 Å². The van der Waals surface area contributed by atoms with E-state index in [0.29, 0.717) is 6.04 Å². The minimum Gasteiger partial charge on any atom is -0.353 e. The van der Waals surface area contributed by atoms with Gasteiger partial charge in [0.05, 0.1) is 0 Å². The van der Waals surface area contributed by atoms with Gasteiger partial charge in [-0.3, -0.25) is 0 Å². The van der Waals surface area contributed by atoms with Gasteiger partial charge in [-0.2, -0.15) is 0 Å². The van der Waals surface area contributed by atoms with E-state index >= 15 is 0 Å². The maximum Gasteiger partial charge on any atom is 0.202 e. The fourth-order valence-electron chi connectivity index (χ4n) is 2.33. The summed E-state index contributed by atoms with van der Waals surface area (Å²) in [6.45, 7) is 5.43. The van der Waals surface area contributed by atoms with Gasteiger partial charge in [0.2, 0.25) is 5.95 Å². The Kier molecular flexibility index (Phi) is 3.29. The summed E-state index contributed by atoms with van der Waals surface area (Å²) >= 11 is 0. The third-order valence-corrected chi connectivity index (χ3v) is 3.06. The summed E-state index contributed by atoms with van der Waals surface area (Å²) < 4.78 is 2.26. The molecule has 0 aliphatic heterocycles. The van der Waals surface area contributed by atoms with Crippen molar-refractivity contribution in [2.45, 2.75) is 52.1 Å². The van der Waals surface area contributed by atoms with Crippen LogP contribution in [0.3, 0.4) is 0 Å². The topological polar surface area (TPSA) is 29.9 Å². The highest BCUT2D eigenvalue weighted by Gasteiger charge is 2.16. The SMILES string of the molecule is CC(C)Nc1nccn1CC1CCCC1. The zero-order valence-corrected chi connectivity index (χ0v) is 9.74. The van der Waals surface area contributed by atoms with Gasteiger partial charge in [0.25, 0.3) is 0 Å². The van der Waals surface area contributed by atoms with Crippen LogP contribution in [0.5, 0.6) is 0 Å². The highest BCUT2D eigenvalue weighted by atomic mass is 15.2. The second kappa shape index (κ2) is 4.69. The zero-order valence-electron chi connectivity index (χ0n) is 9.74. The Morgan fingerprint density at radius 2 is 2.20 bits per heavy atom. The zero-order chi connectivity index (χ0) is 10.7. The van der Waals surface area contributed by atoms with Crippen molar-refractivity contribution in [3.05, 3.63) is 12.4 Å². The Morgan fingerprint density at radius 1 is 1.47 bits per heavy atom. The van der Waals surface area contributed by atoms with Gasteiger partial charge in [0.1, 0.15) is 0 Å². The number of imidazole rings is 1. The minimum absolute atomic E-state index is 0.453. The number of nitrogens with zero attached hydrogens (tertiary/aromatic N) is 2. The summed E-state index contributed by atoms with van der Waals surface area (Å²) in [4.78, 5) is 4.35. The molecule has 0 atom stereocenters. The Bertz CT molecular complexity index is 298. The van der Waals surface area contributed by atoms with Gasteiger partial charge < -0.3 is 9.88 Å². The van der Waals surface area contributed by atoms with Gasteiger partial charge in [-0.1, -0.05) is 12.8 Å². The highest BCUT2D eigenvalue weighted by Crippen LogP contribution is 2.27. The van der Waals surface area contributed by atoms with Crippen molar-refractivity contribution in [1.29, 1.82) is 0 Å². The van der Waals surface area contributed by atoms with E-state index in [4.69, 9.17) is 0 Å². The molecule has 1 fully saturated rings. The summed E-state index contributed by atoms with van der Waals surface area (Å²) in [5.41, 5.74) is 0. The first-order valence-electron chi connectivity index (χ1n) is 6.03. The maximum atomic E-state index is 4.35. The number of rotatable bonds is 4. The fourth-order valence-corrected chi connectivity index (χ4v) is 2.33. The second-order valence-electron chi connectivity index (χ2n) is 4.85. The smallest absolute Gasteiger partial charge is 0.202 e. The summed E-state index contributed by atoms with van der Waals surface area (Å²) in [7, 11) is 0. The normalized spacial score (nSPS) is 17.5. The lowest BCUT2D eigenvalue weighted by Crippen LogP contribution is -2.16. The van der Waals surface area contributed by atoms with Crippen LogP contribution < -0.4 is 5.32 Å². The first-order chi connectivity index (χ1) is 7.25. The van der Waals surface area contributed by atoms with Crippen LogP contribution in [0.25, 0.3) is 0 Å². The molecule has 0 radical (unpaired) electrons. The van der Waals surface area contributed by atoms with Crippen LogP contribution in [0, 0.1) is 5.92 Å². The van der Waals surface area contributed by atoms with Crippen molar-refractivity contribution in [2.75, 3.05) is 5.32 Å². The number of nitrogens with one attached hydrogen (secondary N) is 1. The molecule has 1 aromatic rings. The first kappa shape index (κ1) is 10.5. The van der Waals surface area contributed by atoms with E-state index in [2.05, 4.69) is 34.9 Å². The van der Waals surface area contributed by atoms with Gasteiger partial charge in [-0.15, -0.1) is 0 Å². The van der Waals surface area contributed by atoms with Gasteiger partial charge >= 0.3 is 0 Å². The lowest BCUT2D eigenvalue weighted by molar-refractivity contribution is 0.459. The molecule has 0 saturated heterocycles.